The summed E-state index contributed by atoms with van der Waals surface area (Å²) < 4.78 is 42.7. The summed E-state index contributed by atoms with van der Waals surface area (Å²) in [5.74, 6) is -1.66. The van der Waals surface area contributed by atoms with Gasteiger partial charge in [0.1, 0.15) is 5.52 Å². The van der Waals surface area contributed by atoms with Crippen molar-refractivity contribution in [1.29, 1.82) is 0 Å². The lowest BCUT2D eigenvalue weighted by Crippen LogP contribution is -2.29. The number of aromatic nitrogens is 1. The number of carbonyl (C=O) groups excluding carboxylic acids is 1. The number of nitrogens with one attached hydrogen (secondary N) is 1. The van der Waals surface area contributed by atoms with E-state index in [0.717, 1.165) is 5.56 Å². The van der Waals surface area contributed by atoms with Crippen LogP contribution in [0.2, 0.25) is 0 Å². The van der Waals surface area contributed by atoms with Crippen LogP contribution < -0.4 is 5.32 Å². The molecule has 0 saturated heterocycles. The minimum absolute atomic E-state index is 0.0187. The van der Waals surface area contributed by atoms with Gasteiger partial charge in [-0.3, -0.25) is 4.79 Å². The van der Waals surface area contributed by atoms with Gasteiger partial charge in [-0.2, -0.15) is 13.2 Å². The molecule has 0 aliphatic heterocycles. The summed E-state index contributed by atoms with van der Waals surface area (Å²) in [6.07, 6.45) is -4.94. The van der Waals surface area contributed by atoms with Crippen LogP contribution in [0.3, 0.4) is 0 Å². The van der Waals surface area contributed by atoms with Gasteiger partial charge >= 0.3 is 12.1 Å². The van der Waals surface area contributed by atoms with Crippen LogP contribution in [0.5, 0.6) is 0 Å². The highest BCUT2D eigenvalue weighted by Crippen LogP contribution is 2.29. The summed E-state index contributed by atoms with van der Waals surface area (Å²) in [4.78, 5) is 15.3. The molecule has 1 amide bonds. The first kappa shape index (κ1) is 15.1. The van der Waals surface area contributed by atoms with Gasteiger partial charge in [0.25, 0.3) is 0 Å². The number of carbonyl (C=O) groups is 1. The Kier molecular flexibility index (Phi) is 3.55. The third kappa shape index (κ3) is 3.03. The number of hydrogen-bond donors (Lipinski definition) is 1. The highest BCUT2D eigenvalue weighted by atomic mass is 19.4. The Hall–Kier alpha value is -2.83. The van der Waals surface area contributed by atoms with Crippen molar-refractivity contribution in [2.75, 3.05) is 5.32 Å². The van der Waals surface area contributed by atoms with Crippen molar-refractivity contribution >= 4 is 22.7 Å². The third-order valence-electron chi connectivity index (χ3n) is 3.21. The smallest absolute Gasteiger partial charge is 0.436 e. The molecule has 0 aliphatic carbocycles. The molecular weight excluding hydrogens is 309 g/mol. The van der Waals surface area contributed by atoms with E-state index in [9.17, 15) is 18.0 Å². The summed E-state index contributed by atoms with van der Waals surface area (Å²) in [5.41, 5.74) is 2.19. The molecule has 7 heteroatoms. The zero-order chi connectivity index (χ0) is 16.6. The predicted octanol–water partition coefficient (Wildman–Crippen LogP) is 4.30. The molecule has 0 bridgehead atoms. The van der Waals surface area contributed by atoms with Crippen LogP contribution in [-0.2, 0) is 4.79 Å². The van der Waals surface area contributed by atoms with Gasteiger partial charge in [0.2, 0.25) is 5.89 Å². The van der Waals surface area contributed by atoms with Crippen molar-refractivity contribution in [2.24, 2.45) is 0 Å². The van der Waals surface area contributed by atoms with Crippen LogP contribution >= 0.6 is 0 Å². The Morgan fingerprint density at radius 1 is 1.17 bits per heavy atom. The Bertz CT molecular complexity index is 870. The lowest BCUT2D eigenvalue weighted by Gasteiger charge is -2.08. The predicted molar refractivity (Wildman–Crippen MR) is 78.9 cm³/mol. The molecule has 4 nitrogen and oxygen atoms in total. The zero-order valence-corrected chi connectivity index (χ0v) is 11.9. The molecule has 2 aromatic carbocycles. The number of aryl methyl sites for hydroxylation is 1. The van der Waals surface area contributed by atoms with E-state index >= 15 is 0 Å². The summed E-state index contributed by atoms with van der Waals surface area (Å²) >= 11 is 0. The van der Waals surface area contributed by atoms with Crippen molar-refractivity contribution in [1.82, 2.24) is 4.98 Å². The number of amides is 1. The normalized spacial score (nSPS) is 11.7. The molecule has 1 heterocycles. The van der Waals surface area contributed by atoms with Gasteiger partial charge in [-0.25, -0.2) is 4.98 Å². The van der Waals surface area contributed by atoms with E-state index in [1.807, 2.05) is 35.6 Å². The maximum absolute atomic E-state index is 12.3. The van der Waals surface area contributed by atoms with E-state index in [1.165, 1.54) is 12.1 Å². The van der Waals surface area contributed by atoms with Crippen LogP contribution in [0.15, 0.2) is 46.9 Å². The molecule has 0 spiro atoms. The topological polar surface area (TPSA) is 55.1 Å². The summed E-state index contributed by atoms with van der Waals surface area (Å²) in [5, 5.41) is 1.82. The second-order valence-electron chi connectivity index (χ2n) is 4.98. The monoisotopic (exact) mass is 320 g/mol. The van der Waals surface area contributed by atoms with Crippen LogP contribution in [0.25, 0.3) is 22.6 Å². The standard InChI is InChI=1S/C16H11F3N2O2/c1-9-7-11(20-15(22)16(17,18)19)8-12-13(9)23-14(21-12)10-5-3-2-4-6-10/h2-8H,1H3,(H,20,22). The van der Waals surface area contributed by atoms with Crippen molar-refractivity contribution in [3.8, 4) is 11.5 Å². The van der Waals surface area contributed by atoms with Gasteiger partial charge in [-0.05, 0) is 36.8 Å². The van der Waals surface area contributed by atoms with E-state index in [-0.39, 0.29) is 5.69 Å². The van der Waals surface area contributed by atoms with Gasteiger partial charge < -0.3 is 9.73 Å². The first-order valence-electron chi connectivity index (χ1n) is 6.69. The van der Waals surface area contributed by atoms with Gasteiger partial charge in [-0.15, -0.1) is 0 Å². The maximum Gasteiger partial charge on any atom is 0.471 e. The van der Waals surface area contributed by atoms with E-state index < -0.39 is 12.1 Å². The molecule has 23 heavy (non-hydrogen) atoms. The zero-order valence-electron chi connectivity index (χ0n) is 11.9. The van der Waals surface area contributed by atoms with Crippen LogP contribution in [-0.4, -0.2) is 17.1 Å². The van der Waals surface area contributed by atoms with E-state index in [1.54, 1.807) is 6.92 Å². The number of fused-ring (bicyclic) bond motifs is 1. The molecule has 0 atom stereocenters. The summed E-state index contributed by atoms with van der Waals surface area (Å²) in [6.45, 7) is 1.67. The molecule has 0 aliphatic rings. The fraction of sp³-hybridized carbons (Fsp3) is 0.125. The third-order valence-corrected chi connectivity index (χ3v) is 3.21. The molecule has 1 aromatic heterocycles. The van der Waals surface area contributed by atoms with Gasteiger partial charge in [0.15, 0.2) is 5.58 Å². The van der Waals surface area contributed by atoms with E-state index in [0.29, 0.717) is 22.6 Å². The number of oxazole rings is 1. The quantitative estimate of drug-likeness (QED) is 0.766. The Morgan fingerprint density at radius 3 is 2.52 bits per heavy atom. The lowest BCUT2D eigenvalue weighted by atomic mass is 10.2. The molecule has 0 radical (unpaired) electrons. The number of alkyl halides is 3. The van der Waals surface area contributed by atoms with Crippen molar-refractivity contribution in [3.05, 3.63) is 48.0 Å². The van der Waals surface area contributed by atoms with Crippen molar-refractivity contribution in [3.63, 3.8) is 0 Å². The van der Waals surface area contributed by atoms with Crippen LogP contribution in [0, 0.1) is 6.92 Å². The second-order valence-corrected chi connectivity index (χ2v) is 4.98. The van der Waals surface area contributed by atoms with E-state index in [2.05, 4.69) is 4.98 Å². The number of benzene rings is 2. The average Bonchev–Trinajstić information content (AvgIpc) is 2.92. The van der Waals surface area contributed by atoms with Crippen LogP contribution in [0.4, 0.5) is 18.9 Å². The van der Waals surface area contributed by atoms with Crippen molar-refractivity contribution in [2.45, 2.75) is 13.1 Å². The molecule has 1 N–H and O–H groups in total. The lowest BCUT2D eigenvalue weighted by molar-refractivity contribution is -0.167. The molecule has 0 saturated carbocycles. The molecule has 118 valence electrons. The minimum atomic E-state index is -4.94. The highest BCUT2D eigenvalue weighted by molar-refractivity contribution is 5.97. The fourth-order valence-corrected chi connectivity index (χ4v) is 2.18. The second kappa shape index (κ2) is 5.42. The van der Waals surface area contributed by atoms with Crippen LogP contribution in [0.1, 0.15) is 5.56 Å². The molecule has 0 fully saturated rings. The maximum atomic E-state index is 12.3. The van der Waals surface area contributed by atoms with Crippen molar-refractivity contribution < 1.29 is 22.4 Å². The number of halogens is 3. The van der Waals surface area contributed by atoms with Gasteiger partial charge in [-0.1, -0.05) is 18.2 Å². The largest absolute Gasteiger partial charge is 0.471 e. The summed E-state index contributed by atoms with van der Waals surface area (Å²) in [7, 11) is 0. The minimum Gasteiger partial charge on any atom is -0.436 e. The van der Waals surface area contributed by atoms with Gasteiger partial charge in [0.05, 0.1) is 0 Å². The van der Waals surface area contributed by atoms with E-state index in [4.69, 9.17) is 4.42 Å². The highest BCUT2D eigenvalue weighted by Gasteiger charge is 2.38. The number of anilines is 1. The number of hydrogen-bond acceptors (Lipinski definition) is 3. The Balaban J connectivity index is 2.00. The Morgan fingerprint density at radius 2 is 1.87 bits per heavy atom. The molecule has 3 aromatic rings. The SMILES string of the molecule is Cc1cc(NC(=O)C(F)(F)F)cc2nc(-c3ccccc3)oc12. The molecule has 0 unspecified atom stereocenters. The van der Waals surface area contributed by atoms with Gasteiger partial charge in [0, 0.05) is 11.3 Å². The number of rotatable bonds is 2. The first-order chi connectivity index (χ1) is 10.8. The summed E-state index contributed by atoms with van der Waals surface area (Å²) in [6, 6.07) is 11.9. The molecule has 3 rings (SSSR count). The fourth-order valence-electron chi connectivity index (χ4n) is 2.18. The Labute approximate surface area is 128 Å². The number of nitrogens with zero attached hydrogens (tertiary/aromatic N) is 1. The average molecular weight is 320 g/mol. The molecular formula is C16H11F3N2O2. The first-order valence-corrected chi connectivity index (χ1v) is 6.69.